The van der Waals surface area contributed by atoms with Crippen LogP contribution in [-0.2, 0) is 0 Å². The van der Waals surface area contributed by atoms with Gasteiger partial charge in [-0.05, 0) is 110 Å². The Morgan fingerprint density at radius 1 is 0.815 bits per heavy atom. The minimum atomic E-state index is -0.0158. The Morgan fingerprint density at radius 2 is 1.52 bits per heavy atom. The molecule has 1 heteroatoms. The van der Waals surface area contributed by atoms with Crippen molar-refractivity contribution in [3.8, 4) is 0 Å². The van der Waals surface area contributed by atoms with Gasteiger partial charge < -0.3 is 5.11 Å². The summed E-state index contributed by atoms with van der Waals surface area (Å²) < 4.78 is 0. The van der Waals surface area contributed by atoms with E-state index < -0.39 is 0 Å². The van der Waals surface area contributed by atoms with Crippen molar-refractivity contribution >= 4 is 0 Å². The van der Waals surface area contributed by atoms with E-state index in [0.717, 1.165) is 48.3 Å². The number of fused-ring (bicyclic) bond motifs is 5. The van der Waals surface area contributed by atoms with Crippen LogP contribution in [-0.4, -0.2) is 11.2 Å². The van der Waals surface area contributed by atoms with E-state index in [1.165, 1.54) is 44.9 Å². The Hall–Kier alpha value is -0.300. The molecular weight excluding hydrogens is 328 g/mol. The first-order chi connectivity index (χ1) is 12.8. The number of hydrogen-bond donors (Lipinski definition) is 1. The quantitative estimate of drug-likeness (QED) is 0.537. The van der Waals surface area contributed by atoms with Crippen molar-refractivity contribution in [2.75, 3.05) is 0 Å². The molecular formula is C26H44O. The highest BCUT2D eigenvalue weighted by Crippen LogP contribution is 2.68. The molecule has 4 rings (SSSR count). The third-order valence-corrected chi connectivity index (χ3v) is 10.1. The van der Waals surface area contributed by atoms with Gasteiger partial charge in [0.15, 0.2) is 0 Å². The molecule has 0 heterocycles. The predicted molar refractivity (Wildman–Crippen MR) is 114 cm³/mol. The van der Waals surface area contributed by atoms with Crippen molar-refractivity contribution in [2.24, 2.45) is 52.3 Å². The summed E-state index contributed by atoms with van der Waals surface area (Å²) in [6.07, 6.45) is 17.0. The topological polar surface area (TPSA) is 20.2 Å². The zero-order chi connectivity index (χ0) is 19.4. The molecule has 27 heavy (non-hydrogen) atoms. The number of aliphatic hydroxyl groups is 1. The monoisotopic (exact) mass is 372 g/mol. The highest BCUT2D eigenvalue weighted by molar-refractivity contribution is 5.11. The zero-order valence-corrected chi connectivity index (χ0v) is 18.6. The van der Waals surface area contributed by atoms with Gasteiger partial charge in [0.25, 0.3) is 0 Å². The fraction of sp³-hybridized carbons (Fsp3) is 0.923. The lowest BCUT2D eigenvalue weighted by atomic mass is 9.44. The molecule has 4 saturated carbocycles. The molecule has 0 aromatic heterocycles. The number of rotatable bonds is 3. The highest BCUT2D eigenvalue weighted by atomic mass is 16.3. The normalized spacial score (nSPS) is 51.1. The minimum absolute atomic E-state index is 0.0158. The van der Waals surface area contributed by atoms with E-state index in [1.807, 2.05) is 0 Å². The molecule has 0 aliphatic heterocycles. The van der Waals surface area contributed by atoms with E-state index in [4.69, 9.17) is 0 Å². The Labute approximate surface area is 168 Å². The maximum atomic E-state index is 10.2. The SMILES string of the molecule is CC(C)C=C[C@@H](C)[C@H]1CC[C@H]2[C@@H]3CC[C@H]4C[C@@H](O)CC[C@]4(C)[C@H]3CC[C@]12C. The van der Waals surface area contributed by atoms with Crippen LogP contribution in [0.4, 0.5) is 0 Å². The zero-order valence-electron chi connectivity index (χ0n) is 18.6. The van der Waals surface area contributed by atoms with E-state index in [1.54, 1.807) is 0 Å². The van der Waals surface area contributed by atoms with Gasteiger partial charge >= 0.3 is 0 Å². The molecule has 0 bridgehead atoms. The lowest BCUT2D eigenvalue weighted by molar-refractivity contribution is -0.128. The molecule has 9 atom stereocenters. The molecule has 1 nitrogen and oxygen atoms in total. The third kappa shape index (κ3) is 3.24. The van der Waals surface area contributed by atoms with Crippen molar-refractivity contribution in [1.29, 1.82) is 0 Å². The van der Waals surface area contributed by atoms with Crippen LogP contribution in [0, 0.1) is 52.3 Å². The Balaban J connectivity index is 1.54. The molecule has 0 spiro atoms. The van der Waals surface area contributed by atoms with E-state index >= 15 is 0 Å². The van der Waals surface area contributed by atoms with Gasteiger partial charge in [-0.2, -0.15) is 0 Å². The van der Waals surface area contributed by atoms with E-state index in [2.05, 4.69) is 46.8 Å². The number of hydrogen-bond acceptors (Lipinski definition) is 1. The summed E-state index contributed by atoms with van der Waals surface area (Å²) in [5, 5.41) is 10.2. The molecule has 0 saturated heterocycles. The fourth-order valence-electron chi connectivity index (χ4n) is 8.67. The van der Waals surface area contributed by atoms with Crippen LogP contribution in [0.25, 0.3) is 0 Å². The van der Waals surface area contributed by atoms with Gasteiger partial charge in [0.1, 0.15) is 0 Å². The summed E-state index contributed by atoms with van der Waals surface area (Å²) in [6.45, 7) is 12.4. The van der Waals surface area contributed by atoms with Crippen LogP contribution < -0.4 is 0 Å². The van der Waals surface area contributed by atoms with Gasteiger partial charge in [-0.3, -0.25) is 0 Å². The molecule has 1 N–H and O–H groups in total. The van der Waals surface area contributed by atoms with Gasteiger partial charge in [0, 0.05) is 0 Å². The fourth-order valence-corrected chi connectivity index (χ4v) is 8.67. The van der Waals surface area contributed by atoms with Crippen molar-refractivity contribution < 1.29 is 5.11 Å². The highest BCUT2D eigenvalue weighted by Gasteiger charge is 2.60. The molecule has 154 valence electrons. The number of allylic oxidation sites excluding steroid dienone is 2. The molecule has 0 radical (unpaired) electrons. The first-order valence-corrected chi connectivity index (χ1v) is 12.1. The average Bonchev–Trinajstić information content (AvgIpc) is 2.97. The summed E-state index contributed by atoms with van der Waals surface area (Å²) in [4.78, 5) is 0. The summed E-state index contributed by atoms with van der Waals surface area (Å²) in [5.74, 6) is 5.93. The second kappa shape index (κ2) is 7.19. The van der Waals surface area contributed by atoms with E-state index in [-0.39, 0.29) is 6.10 Å². The van der Waals surface area contributed by atoms with E-state index in [0.29, 0.717) is 16.7 Å². The van der Waals surface area contributed by atoms with Crippen LogP contribution in [0.5, 0.6) is 0 Å². The van der Waals surface area contributed by atoms with E-state index in [9.17, 15) is 5.11 Å². The molecule has 0 aromatic carbocycles. The molecule has 0 aromatic rings. The minimum Gasteiger partial charge on any atom is -0.393 e. The van der Waals surface area contributed by atoms with Crippen molar-refractivity contribution in [1.82, 2.24) is 0 Å². The Bertz CT molecular complexity index is 565. The summed E-state index contributed by atoms with van der Waals surface area (Å²) in [6, 6.07) is 0. The first kappa shape index (κ1) is 20.0. The van der Waals surface area contributed by atoms with Gasteiger partial charge in [0.2, 0.25) is 0 Å². The van der Waals surface area contributed by atoms with Crippen LogP contribution in [0.3, 0.4) is 0 Å². The number of aliphatic hydroxyl groups excluding tert-OH is 1. The third-order valence-electron chi connectivity index (χ3n) is 10.1. The van der Waals surface area contributed by atoms with Gasteiger partial charge in [0.05, 0.1) is 6.10 Å². The van der Waals surface area contributed by atoms with Crippen molar-refractivity contribution in [3.05, 3.63) is 12.2 Å². The average molecular weight is 373 g/mol. The van der Waals surface area contributed by atoms with Crippen LogP contribution in [0.15, 0.2) is 12.2 Å². The molecule has 0 amide bonds. The summed E-state index contributed by atoms with van der Waals surface area (Å²) in [5.41, 5.74) is 1.09. The van der Waals surface area contributed by atoms with Gasteiger partial charge in [-0.1, -0.05) is 46.8 Å². The summed E-state index contributed by atoms with van der Waals surface area (Å²) >= 11 is 0. The molecule has 4 fully saturated rings. The molecule has 0 unspecified atom stereocenters. The lowest BCUT2D eigenvalue weighted by Crippen LogP contribution is -2.54. The van der Waals surface area contributed by atoms with Crippen LogP contribution >= 0.6 is 0 Å². The largest absolute Gasteiger partial charge is 0.393 e. The second-order valence-corrected chi connectivity index (χ2v) is 11.8. The first-order valence-electron chi connectivity index (χ1n) is 12.1. The second-order valence-electron chi connectivity index (χ2n) is 11.8. The predicted octanol–water partition coefficient (Wildman–Crippen LogP) is 6.85. The van der Waals surface area contributed by atoms with Gasteiger partial charge in [-0.25, -0.2) is 0 Å². The molecule has 4 aliphatic carbocycles. The summed E-state index contributed by atoms with van der Waals surface area (Å²) in [7, 11) is 0. The maximum Gasteiger partial charge on any atom is 0.0543 e. The van der Waals surface area contributed by atoms with Gasteiger partial charge in [-0.15, -0.1) is 0 Å². The van der Waals surface area contributed by atoms with Crippen molar-refractivity contribution in [3.63, 3.8) is 0 Å². The van der Waals surface area contributed by atoms with Crippen molar-refractivity contribution in [2.45, 2.75) is 98.5 Å². The van der Waals surface area contributed by atoms with Crippen LogP contribution in [0.2, 0.25) is 0 Å². The Morgan fingerprint density at radius 3 is 2.26 bits per heavy atom. The smallest absolute Gasteiger partial charge is 0.0543 e. The molecule has 4 aliphatic rings. The van der Waals surface area contributed by atoms with Crippen LogP contribution in [0.1, 0.15) is 92.4 Å². The lowest BCUT2D eigenvalue weighted by Gasteiger charge is -2.61. The maximum absolute atomic E-state index is 10.2. The Kier molecular flexibility index (Phi) is 5.32. The standard InChI is InChI=1S/C26H44O/c1-17(2)6-7-18(3)22-10-11-23-21-9-8-19-16-20(27)12-14-25(19,4)24(21)13-15-26(22,23)5/h6-7,17-24,27H,8-16H2,1-5H3/t18-,19+,20+,21+,22-,23+,24+,25+,26-/m1/s1.